The molecule has 1 N–H and O–H groups in total. The van der Waals surface area contributed by atoms with Gasteiger partial charge in [-0.25, -0.2) is 4.98 Å². The summed E-state index contributed by atoms with van der Waals surface area (Å²) in [5, 5.41) is 13.6. The van der Waals surface area contributed by atoms with Crippen molar-refractivity contribution in [3.8, 4) is 17.1 Å². The van der Waals surface area contributed by atoms with E-state index in [4.69, 9.17) is 23.2 Å². The van der Waals surface area contributed by atoms with Gasteiger partial charge in [-0.2, -0.15) is 0 Å². The number of Topliss-reactive ketones (excluding diaryl/α,β-unsaturated/α-hetero) is 1. The van der Waals surface area contributed by atoms with Crippen molar-refractivity contribution in [2.45, 2.75) is 9.50 Å². The fraction of sp³-hybridized carbons (Fsp3) is 0.0645. The number of rotatable bonds is 10. The van der Waals surface area contributed by atoms with Crippen LogP contribution in [0, 0.1) is 0 Å². The fourth-order valence-corrected chi connectivity index (χ4v) is 7.18. The summed E-state index contributed by atoms with van der Waals surface area (Å²) in [6, 6.07) is 29.6. The number of fused-ring (bicyclic) bond motifs is 1. The topological polar surface area (TPSA) is 89.8 Å². The highest BCUT2D eigenvalue weighted by molar-refractivity contribution is 8.01. The van der Waals surface area contributed by atoms with Crippen LogP contribution in [-0.2, 0) is 4.79 Å². The molecule has 2 aromatic heterocycles. The molecule has 0 atom stereocenters. The number of benzene rings is 4. The number of thiazole rings is 1. The molecule has 12 heteroatoms. The zero-order chi connectivity index (χ0) is 29.8. The lowest BCUT2D eigenvalue weighted by molar-refractivity contribution is -0.113. The first-order chi connectivity index (χ1) is 20.9. The van der Waals surface area contributed by atoms with Crippen molar-refractivity contribution in [1.29, 1.82) is 0 Å². The van der Waals surface area contributed by atoms with Gasteiger partial charge in [0, 0.05) is 32.5 Å². The molecule has 0 aliphatic carbocycles. The molecule has 0 saturated carbocycles. The van der Waals surface area contributed by atoms with Crippen molar-refractivity contribution < 1.29 is 9.59 Å². The van der Waals surface area contributed by atoms with Gasteiger partial charge in [-0.15, -0.1) is 21.5 Å². The number of hydrogen-bond acceptors (Lipinski definition) is 8. The van der Waals surface area contributed by atoms with Crippen LogP contribution >= 0.6 is 58.1 Å². The van der Waals surface area contributed by atoms with Crippen LogP contribution in [0.15, 0.2) is 107 Å². The van der Waals surface area contributed by atoms with E-state index in [1.165, 1.54) is 34.9 Å². The highest BCUT2D eigenvalue weighted by atomic mass is 35.5. The number of aromatic nitrogens is 4. The average molecular weight is 663 g/mol. The standard InChI is InChI=1S/C31H21Cl2N5O2S3/c32-21-10-6-19(7-11-21)26(39)17-42-31-35-25-15-14-23(16-27(25)43-31)34-28(40)18-41-30-37-36-29(20-8-12-22(33)13-9-20)38(30)24-4-2-1-3-5-24/h1-16H,17-18H2,(H,34,40). The summed E-state index contributed by atoms with van der Waals surface area (Å²) in [6.45, 7) is 0. The lowest BCUT2D eigenvalue weighted by Crippen LogP contribution is -2.14. The zero-order valence-corrected chi connectivity index (χ0v) is 26.2. The van der Waals surface area contributed by atoms with E-state index in [1.54, 1.807) is 24.3 Å². The van der Waals surface area contributed by atoms with Crippen molar-refractivity contribution in [3.63, 3.8) is 0 Å². The monoisotopic (exact) mass is 661 g/mol. The highest BCUT2D eigenvalue weighted by Crippen LogP contribution is 2.32. The molecule has 0 bridgehead atoms. The zero-order valence-electron chi connectivity index (χ0n) is 22.2. The summed E-state index contributed by atoms with van der Waals surface area (Å²) in [7, 11) is 0. The Morgan fingerprint density at radius 3 is 2.28 bits per heavy atom. The molecule has 6 aromatic rings. The van der Waals surface area contributed by atoms with Gasteiger partial charge < -0.3 is 5.32 Å². The molecule has 4 aromatic carbocycles. The summed E-state index contributed by atoms with van der Waals surface area (Å²) in [6.07, 6.45) is 0. The Morgan fingerprint density at radius 1 is 0.814 bits per heavy atom. The third-order valence-corrected chi connectivity index (χ3v) is 9.82. The van der Waals surface area contributed by atoms with E-state index in [9.17, 15) is 9.59 Å². The van der Waals surface area contributed by atoms with Gasteiger partial charge in [0.05, 0.1) is 21.7 Å². The Kier molecular flexibility index (Phi) is 9.11. The molecule has 0 aliphatic rings. The molecule has 6 rings (SSSR count). The number of thioether (sulfide) groups is 2. The Labute approximate surface area is 269 Å². The summed E-state index contributed by atoms with van der Waals surface area (Å²) in [4.78, 5) is 30.1. The van der Waals surface area contributed by atoms with Crippen LogP contribution in [0.25, 0.3) is 27.3 Å². The van der Waals surface area contributed by atoms with Gasteiger partial charge in [-0.3, -0.25) is 14.2 Å². The summed E-state index contributed by atoms with van der Waals surface area (Å²) < 4.78 is 3.64. The second-order valence-electron chi connectivity index (χ2n) is 9.20. The van der Waals surface area contributed by atoms with Crippen molar-refractivity contribution in [2.24, 2.45) is 0 Å². The lowest BCUT2D eigenvalue weighted by Gasteiger charge is -2.10. The first-order valence-electron chi connectivity index (χ1n) is 12.9. The van der Waals surface area contributed by atoms with Crippen LogP contribution in [-0.4, -0.2) is 42.9 Å². The van der Waals surface area contributed by atoms with Crippen LogP contribution in [0.4, 0.5) is 5.69 Å². The van der Waals surface area contributed by atoms with Gasteiger partial charge in [0.1, 0.15) is 0 Å². The number of halogens is 2. The van der Waals surface area contributed by atoms with Gasteiger partial charge in [0.25, 0.3) is 0 Å². The third kappa shape index (κ3) is 7.11. The van der Waals surface area contributed by atoms with Crippen molar-refractivity contribution in [3.05, 3.63) is 113 Å². The summed E-state index contributed by atoms with van der Waals surface area (Å²) in [5.41, 5.74) is 3.84. The van der Waals surface area contributed by atoms with E-state index >= 15 is 0 Å². The first-order valence-corrected chi connectivity index (χ1v) is 16.5. The quantitative estimate of drug-likeness (QED) is 0.116. The number of nitrogens with one attached hydrogen (secondary N) is 1. The van der Waals surface area contributed by atoms with Crippen LogP contribution in [0.5, 0.6) is 0 Å². The molecule has 0 aliphatic heterocycles. The minimum atomic E-state index is -0.173. The maximum Gasteiger partial charge on any atom is 0.234 e. The van der Waals surface area contributed by atoms with Crippen LogP contribution in [0.3, 0.4) is 0 Å². The van der Waals surface area contributed by atoms with Gasteiger partial charge in [-0.05, 0) is 78.9 Å². The smallest absolute Gasteiger partial charge is 0.234 e. The van der Waals surface area contributed by atoms with Crippen LogP contribution < -0.4 is 5.32 Å². The molecule has 0 spiro atoms. The SMILES string of the molecule is O=C(CSc1nnc(-c2ccc(Cl)cc2)n1-c1ccccc1)Nc1ccc2nc(SCC(=O)c3ccc(Cl)cc3)sc2c1. The van der Waals surface area contributed by atoms with E-state index in [0.717, 1.165) is 25.8 Å². The number of amides is 1. The largest absolute Gasteiger partial charge is 0.325 e. The van der Waals surface area contributed by atoms with E-state index in [2.05, 4.69) is 20.5 Å². The van der Waals surface area contributed by atoms with Gasteiger partial charge in [0.15, 0.2) is 21.1 Å². The lowest BCUT2D eigenvalue weighted by atomic mass is 10.1. The van der Waals surface area contributed by atoms with Crippen LogP contribution in [0.1, 0.15) is 10.4 Å². The molecule has 0 radical (unpaired) electrons. The van der Waals surface area contributed by atoms with Crippen molar-refractivity contribution >= 4 is 85.7 Å². The number of hydrogen-bond donors (Lipinski definition) is 1. The molecular formula is C31H21Cl2N5O2S3. The molecule has 43 heavy (non-hydrogen) atoms. The van der Waals surface area contributed by atoms with Gasteiger partial charge in [-0.1, -0.05) is 64.9 Å². The Hall–Kier alpha value is -3.67. The minimum absolute atomic E-state index is 0.00904. The second kappa shape index (κ2) is 13.3. The summed E-state index contributed by atoms with van der Waals surface area (Å²) >= 11 is 16.2. The number of anilines is 1. The Morgan fingerprint density at radius 2 is 1.53 bits per heavy atom. The predicted molar refractivity (Wildman–Crippen MR) is 177 cm³/mol. The Balaban J connectivity index is 1.11. The van der Waals surface area contributed by atoms with Gasteiger partial charge >= 0.3 is 0 Å². The molecule has 214 valence electrons. The van der Waals surface area contributed by atoms with Crippen molar-refractivity contribution in [1.82, 2.24) is 19.7 Å². The average Bonchev–Trinajstić information content (AvgIpc) is 3.64. The fourth-order valence-electron chi connectivity index (χ4n) is 4.18. The normalized spacial score (nSPS) is 11.1. The maximum absolute atomic E-state index is 13.0. The molecule has 0 unspecified atom stereocenters. The minimum Gasteiger partial charge on any atom is -0.325 e. The number of para-hydroxylation sites is 1. The van der Waals surface area contributed by atoms with E-state index in [-0.39, 0.29) is 23.2 Å². The number of ketones is 1. The molecule has 0 saturated heterocycles. The van der Waals surface area contributed by atoms with Crippen molar-refractivity contribution in [2.75, 3.05) is 16.8 Å². The number of nitrogens with zero attached hydrogens (tertiary/aromatic N) is 4. The van der Waals surface area contributed by atoms with E-state index in [1.807, 2.05) is 77.4 Å². The molecule has 0 fully saturated rings. The molecule has 2 heterocycles. The number of carbonyl (C=O) groups is 2. The Bertz CT molecular complexity index is 1910. The van der Waals surface area contributed by atoms with Crippen LogP contribution in [0.2, 0.25) is 10.0 Å². The van der Waals surface area contributed by atoms with E-state index < -0.39 is 0 Å². The second-order valence-corrected chi connectivity index (χ2v) is 13.3. The third-order valence-electron chi connectivity index (χ3n) is 6.23. The predicted octanol–water partition coefficient (Wildman–Crippen LogP) is 8.56. The van der Waals surface area contributed by atoms with E-state index in [0.29, 0.717) is 32.3 Å². The first kappa shape index (κ1) is 29.4. The highest BCUT2D eigenvalue weighted by Gasteiger charge is 2.18. The summed E-state index contributed by atoms with van der Waals surface area (Å²) in [5.74, 6) is 0.905. The molecular weight excluding hydrogens is 641 g/mol. The molecule has 1 amide bonds. The van der Waals surface area contributed by atoms with Gasteiger partial charge in [0.2, 0.25) is 5.91 Å². The number of carbonyl (C=O) groups excluding carboxylic acids is 2. The molecule has 7 nitrogen and oxygen atoms in total. The maximum atomic E-state index is 13.0.